The maximum Gasteiger partial charge on any atom is 0.245 e. The fourth-order valence-electron chi connectivity index (χ4n) is 2.57. The van der Waals surface area contributed by atoms with E-state index in [0.717, 1.165) is 31.5 Å². The molecule has 14 heavy (non-hydrogen) atoms. The van der Waals surface area contributed by atoms with Gasteiger partial charge in [-0.2, -0.15) is 0 Å². The summed E-state index contributed by atoms with van der Waals surface area (Å²) in [5, 5.41) is 15.0. The van der Waals surface area contributed by atoms with E-state index >= 15 is 0 Å². The third-order valence-electron chi connectivity index (χ3n) is 3.30. The standard InChI is InChI=1S/C8H14N6/c1-13-8(10-11-12-13)14-3-2-6-4-9-5-7(6)14/h6-7,9H,2-5H2,1H3/t6-,7+/m0/s1. The third-order valence-corrected chi connectivity index (χ3v) is 3.30. The quantitative estimate of drug-likeness (QED) is 0.622. The largest absolute Gasteiger partial charge is 0.335 e. The maximum absolute atomic E-state index is 4.06. The van der Waals surface area contributed by atoms with Crippen LogP contribution in [0.3, 0.4) is 0 Å². The Morgan fingerprint density at radius 3 is 3.14 bits per heavy atom. The van der Waals surface area contributed by atoms with Gasteiger partial charge in [0.25, 0.3) is 0 Å². The zero-order chi connectivity index (χ0) is 9.54. The van der Waals surface area contributed by atoms with Crippen molar-refractivity contribution in [3.63, 3.8) is 0 Å². The summed E-state index contributed by atoms with van der Waals surface area (Å²) >= 11 is 0. The van der Waals surface area contributed by atoms with Gasteiger partial charge in [0.05, 0.1) is 0 Å². The van der Waals surface area contributed by atoms with Crippen LogP contribution < -0.4 is 10.2 Å². The van der Waals surface area contributed by atoms with Gasteiger partial charge in [-0.25, -0.2) is 4.68 Å². The van der Waals surface area contributed by atoms with Gasteiger partial charge in [-0.05, 0) is 22.8 Å². The Morgan fingerprint density at radius 1 is 1.43 bits per heavy atom. The van der Waals surface area contributed by atoms with Crippen LogP contribution in [-0.4, -0.2) is 45.9 Å². The molecule has 3 heterocycles. The number of hydrogen-bond acceptors (Lipinski definition) is 5. The van der Waals surface area contributed by atoms with E-state index in [4.69, 9.17) is 0 Å². The highest BCUT2D eigenvalue weighted by atomic mass is 15.6. The van der Waals surface area contributed by atoms with Crippen molar-refractivity contribution in [1.29, 1.82) is 0 Å². The van der Waals surface area contributed by atoms with Crippen molar-refractivity contribution in [2.24, 2.45) is 13.0 Å². The molecule has 6 heteroatoms. The fraction of sp³-hybridized carbons (Fsp3) is 0.875. The smallest absolute Gasteiger partial charge is 0.245 e. The maximum atomic E-state index is 4.06. The van der Waals surface area contributed by atoms with Gasteiger partial charge in [0.1, 0.15) is 0 Å². The molecule has 2 atom stereocenters. The summed E-state index contributed by atoms with van der Waals surface area (Å²) in [5.41, 5.74) is 0. The number of aryl methyl sites for hydroxylation is 1. The van der Waals surface area contributed by atoms with Crippen molar-refractivity contribution < 1.29 is 0 Å². The molecule has 0 aromatic carbocycles. The molecule has 2 saturated heterocycles. The third kappa shape index (κ3) is 1.03. The minimum atomic E-state index is 0.597. The molecule has 76 valence electrons. The van der Waals surface area contributed by atoms with Gasteiger partial charge < -0.3 is 10.2 Å². The first kappa shape index (κ1) is 8.16. The second-order valence-electron chi connectivity index (χ2n) is 4.07. The normalized spacial score (nSPS) is 31.1. The molecule has 0 amide bonds. The molecular formula is C8H14N6. The zero-order valence-corrected chi connectivity index (χ0v) is 8.22. The van der Waals surface area contributed by atoms with Gasteiger partial charge in [0.2, 0.25) is 5.95 Å². The minimum absolute atomic E-state index is 0.597. The lowest BCUT2D eigenvalue weighted by Crippen LogP contribution is -2.35. The molecule has 0 unspecified atom stereocenters. The van der Waals surface area contributed by atoms with E-state index in [9.17, 15) is 0 Å². The molecule has 1 aromatic heterocycles. The molecule has 1 aromatic rings. The van der Waals surface area contributed by atoms with Crippen LogP contribution >= 0.6 is 0 Å². The predicted octanol–water partition coefficient (Wildman–Crippen LogP) is -0.992. The Bertz CT molecular complexity index is 334. The average Bonchev–Trinajstić information content (AvgIpc) is 2.78. The summed E-state index contributed by atoms with van der Waals surface area (Å²) in [4.78, 5) is 2.32. The van der Waals surface area contributed by atoms with Gasteiger partial charge in [0, 0.05) is 32.7 Å². The van der Waals surface area contributed by atoms with Crippen LogP contribution in [-0.2, 0) is 7.05 Å². The van der Waals surface area contributed by atoms with E-state index in [1.165, 1.54) is 6.42 Å². The van der Waals surface area contributed by atoms with E-state index in [2.05, 4.69) is 25.7 Å². The number of fused-ring (bicyclic) bond motifs is 1. The van der Waals surface area contributed by atoms with Crippen molar-refractivity contribution in [3.8, 4) is 0 Å². The molecular weight excluding hydrogens is 180 g/mol. The number of tetrazole rings is 1. The molecule has 2 aliphatic rings. The summed E-state index contributed by atoms with van der Waals surface area (Å²) in [7, 11) is 1.89. The lowest BCUT2D eigenvalue weighted by Gasteiger charge is -2.22. The van der Waals surface area contributed by atoms with Crippen molar-refractivity contribution in [2.45, 2.75) is 12.5 Å². The number of nitrogens with one attached hydrogen (secondary N) is 1. The second kappa shape index (κ2) is 2.91. The van der Waals surface area contributed by atoms with Crippen molar-refractivity contribution >= 4 is 5.95 Å². The van der Waals surface area contributed by atoms with E-state index < -0.39 is 0 Å². The molecule has 2 fully saturated rings. The van der Waals surface area contributed by atoms with E-state index in [0.29, 0.717) is 6.04 Å². The van der Waals surface area contributed by atoms with Gasteiger partial charge in [-0.3, -0.25) is 0 Å². The van der Waals surface area contributed by atoms with Crippen LogP contribution in [0.15, 0.2) is 0 Å². The Labute approximate surface area is 82.3 Å². The molecule has 2 aliphatic heterocycles. The van der Waals surface area contributed by atoms with E-state index in [1.54, 1.807) is 4.68 Å². The Morgan fingerprint density at radius 2 is 2.36 bits per heavy atom. The summed E-state index contributed by atoms with van der Waals surface area (Å²) in [6.07, 6.45) is 1.25. The van der Waals surface area contributed by atoms with Gasteiger partial charge >= 0.3 is 0 Å². The monoisotopic (exact) mass is 194 g/mol. The van der Waals surface area contributed by atoms with Crippen LogP contribution in [0.4, 0.5) is 5.95 Å². The topological polar surface area (TPSA) is 58.9 Å². The molecule has 0 bridgehead atoms. The second-order valence-corrected chi connectivity index (χ2v) is 4.07. The van der Waals surface area contributed by atoms with Crippen LogP contribution in [0.5, 0.6) is 0 Å². The highest BCUT2D eigenvalue weighted by Crippen LogP contribution is 2.29. The lowest BCUT2D eigenvalue weighted by atomic mass is 10.1. The van der Waals surface area contributed by atoms with Crippen LogP contribution in [0.25, 0.3) is 0 Å². The van der Waals surface area contributed by atoms with Gasteiger partial charge in [0.15, 0.2) is 0 Å². The SMILES string of the molecule is Cn1nnnc1N1CC[C@H]2CNC[C@H]21. The predicted molar refractivity (Wildman–Crippen MR) is 50.9 cm³/mol. The molecule has 0 radical (unpaired) electrons. The number of nitrogens with zero attached hydrogens (tertiary/aromatic N) is 5. The van der Waals surface area contributed by atoms with Gasteiger partial charge in [-0.15, -0.1) is 0 Å². The molecule has 3 rings (SSSR count). The first-order chi connectivity index (χ1) is 6.86. The highest BCUT2D eigenvalue weighted by molar-refractivity contribution is 5.34. The van der Waals surface area contributed by atoms with Crippen LogP contribution in [0.1, 0.15) is 6.42 Å². The van der Waals surface area contributed by atoms with E-state index in [1.807, 2.05) is 7.05 Å². The number of anilines is 1. The zero-order valence-electron chi connectivity index (χ0n) is 8.22. The molecule has 0 saturated carbocycles. The van der Waals surface area contributed by atoms with E-state index in [-0.39, 0.29) is 0 Å². The van der Waals surface area contributed by atoms with Crippen LogP contribution in [0, 0.1) is 5.92 Å². The number of rotatable bonds is 1. The highest BCUT2D eigenvalue weighted by Gasteiger charge is 2.39. The average molecular weight is 194 g/mol. The molecule has 1 N–H and O–H groups in total. The number of aromatic nitrogens is 4. The van der Waals surface area contributed by atoms with Gasteiger partial charge in [-0.1, -0.05) is 5.10 Å². The molecule has 6 nitrogen and oxygen atoms in total. The Hall–Kier alpha value is -1.17. The summed E-state index contributed by atoms with van der Waals surface area (Å²) in [6.45, 7) is 3.30. The van der Waals surface area contributed by atoms with Crippen molar-refractivity contribution in [3.05, 3.63) is 0 Å². The summed E-state index contributed by atoms with van der Waals surface area (Å²) in [6, 6.07) is 0.597. The minimum Gasteiger partial charge on any atom is -0.335 e. The summed E-state index contributed by atoms with van der Waals surface area (Å²) in [5.74, 6) is 1.69. The Balaban J connectivity index is 1.89. The molecule has 0 spiro atoms. The van der Waals surface area contributed by atoms with Crippen molar-refractivity contribution in [2.75, 3.05) is 24.5 Å². The fourth-order valence-corrected chi connectivity index (χ4v) is 2.57. The Kier molecular flexibility index (Phi) is 1.70. The lowest BCUT2D eigenvalue weighted by molar-refractivity contribution is 0.571. The first-order valence-corrected chi connectivity index (χ1v) is 5.06. The first-order valence-electron chi connectivity index (χ1n) is 5.06. The van der Waals surface area contributed by atoms with Crippen molar-refractivity contribution in [1.82, 2.24) is 25.5 Å². The molecule has 0 aliphatic carbocycles. The summed E-state index contributed by atoms with van der Waals surface area (Å²) < 4.78 is 1.75. The van der Waals surface area contributed by atoms with Crippen LogP contribution in [0.2, 0.25) is 0 Å². The number of hydrogen-bond donors (Lipinski definition) is 1.